The molecule has 0 saturated heterocycles. The van der Waals surface area contributed by atoms with Crippen LogP contribution in [0.3, 0.4) is 0 Å². The van der Waals surface area contributed by atoms with Gasteiger partial charge in [-0.2, -0.15) is 5.10 Å². The molecule has 3 rings (SSSR count). The van der Waals surface area contributed by atoms with Crippen molar-refractivity contribution in [2.75, 3.05) is 6.54 Å². The maximum absolute atomic E-state index is 13.0. The third-order valence-electron chi connectivity index (χ3n) is 6.13. The second kappa shape index (κ2) is 9.30. The minimum absolute atomic E-state index is 0.165. The van der Waals surface area contributed by atoms with Gasteiger partial charge in [-0.25, -0.2) is 9.48 Å². The molecule has 1 saturated carbocycles. The Kier molecular flexibility index (Phi) is 6.91. The van der Waals surface area contributed by atoms with Crippen LogP contribution in [0.4, 0.5) is 4.79 Å². The summed E-state index contributed by atoms with van der Waals surface area (Å²) < 4.78 is 6.58. The van der Waals surface area contributed by atoms with Gasteiger partial charge in [-0.15, -0.1) is 0 Å². The van der Waals surface area contributed by atoms with E-state index in [-0.39, 0.29) is 30.5 Å². The van der Waals surface area contributed by atoms with Crippen molar-refractivity contribution in [2.45, 2.75) is 78.0 Å². The van der Waals surface area contributed by atoms with Gasteiger partial charge in [0.15, 0.2) is 0 Å². The molecule has 174 valence electrons. The molecule has 0 bridgehead atoms. The van der Waals surface area contributed by atoms with Crippen molar-refractivity contribution in [3.8, 4) is 0 Å². The Hall–Kier alpha value is -2.90. The van der Waals surface area contributed by atoms with Crippen LogP contribution in [0.1, 0.15) is 59.1 Å². The number of hydrogen-bond acceptors (Lipinski definition) is 5. The fourth-order valence-electron chi connectivity index (χ4n) is 4.42. The first-order chi connectivity index (χ1) is 15.0. The van der Waals surface area contributed by atoms with E-state index in [4.69, 9.17) is 4.74 Å². The van der Waals surface area contributed by atoms with Crippen molar-refractivity contribution < 1.29 is 14.3 Å². The molecule has 1 heterocycles. The molecule has 2 aromatic rings. The van der Waals surface area contributed by atoms with Crippen LogP contribution in [0, 0.1) is 12.8 Å². The summed E-state index contributed by atoms with van der Waals surface area (Å²) >= 11 is 0. The van der Waals surface area contributed by atoms with Crippen molar-refractivity contribution in [3.05, 3.63) is 40.3 Å². The van der Waals surface area contributed by atoms with Crippen LogP contribution in [0.15, 0.2) is 29.1 Å². The van der Waals surface area contributed by atoms with Gasteiger partial charge in [-0.05, 0) is 52.5 Å². The summed E-state index contributed by atoms with van der Waals surface area (Å²) in [7, 11) is 0. The van der Waals surface area contributed by atoms with Gasteiger partial charge in [0.25, 0.3) is 5.56 Å². The van der Waals surface area contributed by atoms with E-state index in [1.54, 1.807) is 12.1 Å². The maximum atomic E-state index is 13.0. The number of ether oxygens (including phenoxy) is 1. The lowest BCUT2D eigenvalue weighted by Crippen LogP contribution is -2.61. The summed E-state index contributed by atoms with van der Waals surface area (Å²) in [6, 6.07) is 7.26. The SMILES string of the molecule is Cc1nn(CC(=O)NC2(CNC(=O)OC(C)(C)C)CCCCC2C)c(=O)c2ccccc12. The fourth-order valence-corrected chi connectivity index (χ4v) is 4.42. The molecular formula is C24H34N4O4. The molecule has 2 atom stereocenters. The third kappa shape index (κ3) is 5.47. The largest absolute Gasteiger partial charge is 0.444 e. The number of amides is 2. The van der Waals surface area contributed by atoms with Gasteiger partial charge in [0, 0.05) is 11.9 Å². The van der Waals surface area contributed by atoms with E-state index in [2.05, 4.69) is 22.7 Å². The van der Waals surface area contributed by atoms with Crippen LogP contribution in [0.2, 0.25) is 0 Å². The number of nitrogens with zero attached hydrogens (tertiary/aromatic N) is 2. The van der Waals surface area contributed by atoms with Crippen LogP contribution in [0.5, 0.6) is 0 Å². The fraction of sp³-hybridized carbons (Fsp3) is 0.583. The molecule has 1 aromatic carbocycles. The average Bonchev–Trinajstić information content (AvgIpc) is 2.71. The topological polar surface area (TPSA) is 102 Å². The van der Waals surface area contributed by atoms with Gasteiger partial charge in [0.05, 0.1) is 16.6 Å². The van der Waals surface area contributed by atoms with Crippen LogP contribution < -0.4 is 16.2 Å². The van der Waals surface area contributed by atoms with Crippen molar-refractivity contribution in [1.82, 2.24) is 20.4 Å². The molecule has 2 unspecified atom stereocenters. The smallest absolute Gasteiger partial charge is 0.407 e. The Balaban J connectivity index is 1.77. The molecule has 0 spiro atoms. The molecule has 1 aromatic heterocycles. The second-order valence-electron chi connectivity index (χ2n) is 9.80. The number of rotatable bonds is 5. The van der Waals surface area contributed by atoms with Gasteiger partial charge in [0.2, 0.25) is 5.91 Å². The lowest BCUT2D eigenvalue weighted by molar-refractivity contribution is -0.125. The van der Waals surface area contributed by atoms with Crippen molar-refractivity contribution in [3.63, 3.8) is 0 Å². The second-order valence-corrected chi connectivity index (χ2v) is 9.80. The summed E-state index contributed by atoms with van der Waals surface area (Å²) in [5.74, 6) is -0.132. The molecule has 1 aliphatic carbocycles. The standard InChI is InChI=1S/C24H34N4O4/c1-16-10-8-9-13-24(16,15-25-22(31)32-23(3,4)5)26-20(29)14-28-21(30)19-12-7-6-11-18(19)17(2)27-28/h6-7,11-12,16H,8-10,13-15H2,1-5H3,(H,25,31)(H,26,29). The monoisotopic (exact) mass is 442 g/mol. The van der Waals surface area contributed by atoms with Gasteiger partial charge >= 0.3 is 6.09 Å². The van der Waals surface area contributed by atoms with Crippen molar-refractivity contribution in [1.29, 1.82) is 0 Å². The number of carbonyl (C=O) groups is 2. The zero-order valence-corrected chi connectivity index (χ0v) is 19.7. The van der Waals surface area contributed by atoms with E-state index >= 15 is 0 Å². The Morgan fingerprint density at radius 3 is 2.56 bits per heavy atom. The molecular weight excluding hydrogens is 408 g/mol. The molecule has 32 heavy (non-hydrogen) atoms. The predicted octanol–water partition coefficient (Wildman–Crippen LogP) is 3.29. The summed E-state index contributed by atoms with van der Waals surface area (Å²) in [6.07, 6.45) is 3.22. The average molecular weight is 443 g/mol. The highest BCUT2D eigenvalue weighted by atomic mass is 16.6. The predicted molar refractivity (Wildman–Crippen MR) is 123 cm³/mol. The van der Waals surface area contributed by atoms with Crippen LogP contribution >= 0.6 is 0 Å². The minimum Gasteiger partial charge on any atom is -0.444 e. The lowest BCUT2D eigenvalue weighted by Gasteiger charge is -2.43. The molecule has 1 fully saturated rings. The first-order valence-corrected chi connectivity index (χ1v) is 11.2. The van der Waals surface area contributed by atoms with Crippen LogP contribution in [-0.2, 0) is 16.1 Å². The van der Waals surface area contributed by atoms with E-state index in [1.807, 2.05) is 39.8 Å². The summed E-state index contributed by atoms with van der Waals surface area (Å²) in [5, 5.41) is 11.6. The van der Waals surface area contributed by atoms with E-state index in [1.165, 1.54) is 4.68 Å². The van der Waals surface area contributed by atoms with Gasteiger partial charge in [-0.1, -0.05) is 38.0 Å². The summed E-state index contributed by atoms with van der Waals surface area (Å²) in [4.78, 5) is 38.1. The number of nitrogens with one attached hydrogen (secondary N) is 2. The van der Waals surface area contributed by atoms with Crippen molar-refractivity contribution >= 4 is 22.8 Å². The molecule has 8 heteroatoms. The number of fused-ring (bicyclic) bond motifs is 1. The maximum Gasteiger partial charge on any atom is 0.407 e. The van der Waals surface area contributed by atoms with Gasteiger partial charge in [0.1, 0.15) is 12.1 Å². The van der Waals surface area contributed by atoms with Gasteiger partial charge in [-0.3, -0.25) is 9.59 Å². The minimum atomic E-state index is -0.598. The van der Waals surface area contributed by atoms with Gasteiger partial charge < -0.3 is 15.4 Å². The quantitative estimate of drug-likeness (QED) is 0.740. The number of benzene rings is 1. The number of aromatic nitrogens is 2. The highest BCUT2D eigenvalue weighted by molar-refractivity contribution is 5.84. The Morgan fingerprint density at radius 1 is 1.22 bits per heavy atom. The van der Waals surface area contributed by atoms with Crippen molar-refractivity contribution in [2.24, 2.45) is 5.92 Å². The first kappa shape index (κ1) is 23.8. The third-order valence-corrected chi connectivity index (χ3v) is 6.13. The Labute approximate surface area is 188 Å². The Bertz CT molecular complexity index is 1060. The number of hydrogen-bond donors (Lipinski definition) is 2. The number of aryl methyl sites for hydroxylation is 1. The molecule has 0 aliphatic heterocycles. The van der Waals surface area contributed by atoms with E-state index in [0.29, 0.717) is 11.1 Å². The van der Waals surface area contributed by atoms with E-state index in [0.717, 1.165) is 31.1 Å². The molecule has 1 aliphatic rings. The zero-order chi connectivity index (χ0) is 23.5. The zero-order valence-electron chi connectivity index (χ0n) is 19.7. The molecule has 8 nitrogen and oxygen atoms in total. The lowest BCUT2D eigenvalue weighted by atomic mass is 9.73. The highest BCUT2D eigenvalue weighted by Crippen LogP contribution is 2.33. The first-order valence-electron chi connectivity index (χ1n) is 11.2. The molecule has 2 amide bonds. The number of carbonyl (C=O) groups excluding carboxylic acids is 2. The van der Waals surface area contributed by atoms with Crippen LogP contribution in [0.25, 0.3) is 10.8 Å². The van der Waals surface area contributed by atoms with E-state index < -0.39 is 17.2 Å². The molecule has 2 N–H and O–H groups in total. The normalized spacial score (nSPS) is 21.2. The molecule has 0 radical (unpaired) electrons. The number of alkyl carbamates (subject to hydrolysis) is 1. The Morgan fingerprint density at radius 2 is 1.91 bits per heavy atom. The van der Waals surface area contributed by atoms with E-state index in [9.17, 15) is 14.4 Å². The highest BCUT2D eigenvalue weighted by Gasteiger charge is 2.40. The summed E-state index contributed by atoms with van der Waals surface area (Å²) in [6.45, 7) is 9.43. The summed E-state index contributed by atoms with van der Waals surface area (Å²) in [5.41, 5.74) is -0.791. The van der Waals surface area contributed by atoms with Crippen LogP contribution in [-0.4, -0.2) is 39.5 Å².